The molecule has 0 fully saturated rings. The minimum absolute atomic E-state index is 0.182. The molecule has 0 saturated heterocycles. The van der Waals surface area contributed by atoms with Gasteiger partial charge in [0.15, 0.2) is 11.5 Å². The SMILES string of the molecule is COc1ccccc1OCCN1CC(N)Cc2ccccc21. The maximum Gasteiger partial charge on any atom is 0.161 e. The first kappa shape index (κ1) is 14.7. The van der Waals surface area contributed by atoms with Crippen LogP contribution < -0.4 is 20.1 Å². The summed E-state index contributed by atoms with van der Waals surface area (Å²) in [4.78, 5) is 2.30. The normalized spacial score (nSPS) is 17.0. The monoisotopic (exact) mass is 298 g/mol. The summed E-state index contributed by atoms with van der Waals surface area (Å²) in [6, 6.07) is 16.4. The molecule has 4 nitrogen and oxygen atoms in total. The Labute approximate surface area is 131 Å². The number of anilines is 1. The Bertz CT molecular complexity index is 630. The Kier molecular flexibility index (Phi) is 4.49. The molecule has 0 radical (unpaired) electrons. The summed E-state index contributed by atoms with van der Waals surface area (Å²) < 4.78 is 11.2. The van der Waals surface area contributed by atoms with Gasteiger partial charge >= 0.3 is 0 Å². The molecule has 22 heavy (non-hydrogen) atoms. The van der Waals surface area contributed by atoms with Crippen LogP contribution in [0.15, 0.2) is 48.5 Å². The molecular weight excluding hydrogens is 276 g/mol. The van der Waals surface area contributed by atoms with Crippen molar-refractivity contribution >= 4 is 5.69 Å². The van der Waals surface area contributed by atoms with E-state index >= 15 is 0 Å². The fraction of sp³-hybridized carbons (Fsp3) is 0.333. The second kappa shape index (κ2) is 6.71. The van der Waals surface area contributed by atoms with E-state index in [1.165, 1.54) is 11.3 Å². The van der Waals surface area contributed by atoms with E-state index in [4.69, 9.17) is 15.2 Å². The zero-order chi connectivity index (χ0) is 15.4. The van der Waals surface area contributed by atoms with Gasteiger partial charge in [0.25, 0.3) is 0 Å². The van der Waals surface area contributed by atoms with Gasteiger partial charge in [0.1, 0.15) is 6.61 Å². The molecule has 0 bridgehead atoms. The van der Waals surface area contributed by atoms with Crippen LogP contribution in [0.3, 0.4) is 0 Å². The van der Waals surface area contributed by atoms with E-state index in [0.717, 1.165) is 31.0 Å². The number of hydrogen-bond acceptors (Lipinski definition) is 4. The third-order valence-electron chi connectivity index (χ3n) is 3.96. The van der Waals surface area contributed by atoms with E-state index in [1.807, 2.05) is 24.3 Å². The van der Waals surface area contributed by atoms with E-state index in [1.54, 1.807) is 7.11 Å². The van der Waals surface area contributed by atoms with E-state index in [0.29, 0.717) is 6.61 Å². The first-order valence-electron chi connectivity index (χ1n) is 7.62. The molecule has 1 unspecified atom stereocenters. The number of rotatable bonds is 5. The molecule has 2 aromatic rings. The van der Waals surface area contributed by atoms with Gasteiger partial charge in [-0.05, 0) is 30.2 Å². The van der Waals surface area contributed by atoms with Crippen LogP contribution in [0.2, 0.25) is 0 Å². The summed E-state index contributed by atoms with van der Waals surface area (Å²) in [5, 5.41) is 0. The van der Waals surface area contributed by atoms with Crippen molar-refractivity contribution in [2.45, 2.75) is 12.5 Å². The van der Waals surface area contributed by atoms with Crippen LogP contribution in [-0.4, -0.2) is 32.8 Å². The van der Waals surface area contributed by atoms with Crippen molar-refractivity contribution in [1.82, 2.24) is 0 Å². The number of methoxy groups -OCH3 is 1. The number of nitrogens with two attached hydrogens (primary N) is 1. The molecule has 2 N–H and O–H groups in total. The van der Waals surface area contributed by atoms with Crippen molar-refractivity contribution in [2.75, 3.05) is 31.7 Å². The maximum atomic E-state index is 6.17. The van der Waals surface area contributed by atoms with Crippen molar-refractivity contribution in [3.05, 3.63) is 54.1 Å². The summed E-state index contributed by atoms with van der Waals surface area (Å²) in [6.07, 6.45) is 0.944. The molecule has 4 heteroatoms. The summed E-state index contributed by atoms with van der Waals surface area (Å²) >= 11 is 0. The molecule has 1 aliphatic rings. The molecule has 0 spiro atoms. The number of ether oxygens (including phenoxy) is 2. The predicted molar refractivity (Wildman–Crippen MR) is 88.8 cm³/mol. The molecule has 0 amide bonds. The van der Waals surface area contributed by atoms with Crippen LogP contribution in [0.25, 0.3) is 0 Å². The molecule has 1 heterocycles. The van der Waals surface area contributed by atoms with Gasteiger partial charge in [-0.3, -0.25) is 0 Å². The highest BCUT2D eigenvalue weighted by atomic mass is 16.5. The van der Waals surface area contributed by atoms with Gasteiger partial charge in [0.05, 0.1) is 13.7 Å². The molecular formula is C18H22N2O2. The third kappa shape index (κ3) is 3.17. The van der Waals surface area contributed by atoms with Crippen molar-refractivity contribution < 1.29 is 9.47 Å². The lowest BCUT2D eigenvalue weighted by Crippen LogP contribution is -2.44. The van der Waals surface area contributed by atoms with Crippen LogP contribution in [0.5, 0.6) is 11.5 Å². The number of nitrogens with zero attached hydrogens (tertiary/aromatic N) is 1. The summed E-state index contributed by atoms with van der Waals surface area (Å²) in [5.41, 5.74) is 8.76. The molecule has 1 aliphatic heterocycles. The lowest BCUT2D eigenvalue weighted by Gasteiger charge is -2.34. The summed E-state index contributed by atoms with van der Waals surface area (Å²) in [7, 11) is 1.65. The van der Waals surface area contributed by atoms with Gasteiger partial charge < -0.3 is 20.1 Å². The smallest absolute Gasteiger partial charge is 0.161 e. The van der Waals surface area contributed by atoms with Crippen LogP contribution in [-0.2, 0) is 6.42 Å². The maximum absolute atomic E-state index is 6.17. The minimum atomic E-state index is 0.182. The molecule has 0 saturated carbocycles. The lowest BCUT2D eigenvalue weighted by molar-refractivity contribution is 0.298. The molecule has 1 atom stereocenters. The lowest BCUT2D eigenvalue weighted by atomic mass is 9.98. The second-order valence-electron chi connectivity index (χ2n) is 5.54. The standard InChI is InChI=1S/C18H22N2O2/c1-21-17-8-4-5-9-18(17)22-11-10-20-13-15(19)12-14-6-2-3-7-16(14)20/h2-9,15H,10-13,19H2,1H3. The van der Waals surface area contributed by atoms with Crippen molar-refractivity contribution in [1.29, 1.82) is 0 Å². The Balaban J connectivity index is 1.64. The average molecular weight is 298 g/mol. The van der Waals surface area contributed by atoms with E-state index < -0.39 is 0 Å². The number of benzene rings is 2. The van der Waals surface area contributed by atoms with E-state index in [9.17, 15) is 0 Å². The number of fused-ring (bicyclic) bond motifs is 1. The zero-order valence-electron chi connectivity index (χ0n) is 12.9. The predicted octanol–water partition coefficient (Wildman–Crippen LogP) is 2.46. The topological polar surface area (TPSA) is 47.7 Å². The van der Waals surface area contributed by atoms with E-state index in [2.05, 4.69) is 29.2 Å². The molecule has 2 aromatic carbocycles. The number of para-hydroxylation sites is 3. The fourth-order valence-corrected chi connectivity index (χ4v) is 2.94. The average Bonchev–Trinajstić information content (AvgIpc) is 2.55. The van der Waals surface area contributed by atoms with Crippen LogP contribution in [0.1, 0.15) is 5.56 Å². The first-order chi connectivity index (χ1) is 10.8. The van der Waals surface area contributed by atoms with Crippen molar-refractivity contribution in [2.24, 2.45) is 5.73 Å². The van der Waals surface area contributed by atoms with Gasteiger partial charge in [-0.1, -0.05) is 30.3 Å². The van der Waals surface area contributed by atoms with Crippen molar-refractivity contribution in [3.8, 4) is 11.5 Å². The highest BCUT2D eigenvalue weighted by Crippen LogP contribution is 2.28. The van der Waals surface area contributed by atoms with Crippen LogP contribution in [0.4, 0.5) is 5.69 Å². The van der Waals surface area contributed by atoms with Gasteiger partial charge in [-0.25, -0.2) is 0 Å². The van der Waals surface area contributed by atoms with Gasteiger partial charge in [0.2, 0.25) is 0 Å². The largest absolute Gasteiger partial charge is 0.493 e. The Morgan fingerprint density at radius 2 is 1.82 bits per heavy atom. The highest BCUT2D eigenvalue weighted by Gasteiger charge is 2.21. The van der Waals surface area contributed by atoms with Gasteiger partial charge in [0, 0.05) is 18.3 Å². The zero-order valence-corrected chi connectivity index (χ0v) is 12.9. The molecule has 116 valence electrons. The molecule has 3 rings (SSSR count). The minimum Gasteiger partial charge on any atom is -0.493 e. The van der Waals surface area contributed by atoms with Gasteiger partial charge in [-0.15, -0.1) is 0 Å². The molecule has 0 aliphatic carbocycles. The number of hydrogen-bond donors (Lipinski definition) is 1. The van der Waals surface area contributed by atoms with Crippen molar-refractivity contribution in [3.63, 3.8) is 0 Å². The Hall–Kier alpha value is -2.20. The quantitative estimate of drug-likeness (QED) is 0.921. The second-order valence-corrected chi connectivity index (χ2v) is 5.54. The van der Waals surface area contributed by atoms with Gasteiger partial charge in [-0.2, -0.15) is 0 Å². The highest BCUT2D eigenvalue weighted by molar-refractivity contribution is 5.56. The summed E-state index contributed by atoms with van der Waals surface area (Å²) in [6.45, 7) is 2.27. The fourth-order valence-electron chi connectivity index (χ4n) is 2.94. The Morgan fingerprint density at radius 3 is 2.64 bits per heavy atom. The third-order valence-corrected chi connectivity index (χ3v) is 3.96. The van der Waals surface area contributed by atoms with E-state index in [-0.39, 0.29) is 6.04 Å². The first-order valence-corrected chi connectivity index (χ1v) is 7.62. The summed E-state index contributed by atoms with van der Waals surface area (Å²) in [5.74, 6) is 1.54. The Morgan fingerprint density at radius 1 is 1.09 bits per heavy atom. The molecule has 0 aromatic heterocycles. The van der Waals surface area contributed by atoms with Crippen LogP contribution in [0, 0.1) is 0 Å². The van der Waals surface area contributed by atoms with Crippen LogP contribution >= 0.6 is 0 Å².